The normalized spacial score (nSPS) is 23.4. The Kier molecular flexibility index (Phi) is 4.09. The molecule has 0 aliphatic carbocycles. The first-order valence-corrected chi connectivity index (χ1v) is 8.33. The molecule has 3 rings (SSSR count). The molecule has 5 heteroatoms. The highest BCUT2D eigenvalue weighted by Gasteiger charge is 2.52. The van der Waals surface area contributed by atoms with Gasteiger partial charge in [0.15, 0.2) is 0 Å². The maximum atomic E-state index is 10.8. The number of aliphatic hydroxyl groups is 1. The Morgan fingerprint density at radius 3 is 2.12 bits per heavy atom. The number of hydrogen-bond donors (Lipinski definition) is 1. The highest BCUT2D eigenvalue weighted by molar-refractivity contribution is 6.62. The molecule has 2 fully saturated rings. The molecule has 0 radical (unpaired) electrons. The molecule has 128 valence electrons. The summed E-state index contributed by atoms with van der Waals surface area (Å²) < 4.78 is 17.5. The van der Waals surface area contributed by atoms with E-state index in [0.717, 1.165) is 22.2 Å². The van der Waals surface area contributed by atoms with E-state index in [1.165, 1.54) is 0 Å². The van der Waals surface area contributed by atoms with Crippen LogP contribution in [0.3, 0.4) is 0 Å². The van der Waals surface area contributed by atoms with Crippen molar-refractivity contribution in [1.82, 2.24) is 0 Å². The Balaban J connectivity index is 2.06. The molecule has 0 spiro atoms. The summed E-state index contributed by atoms with van der Waals surface area (Å²) in [5, 5.41) is 10.8. The third-order valence-electron chi connectivity index (χ3n) is 5.32. The number of ether oxygens (including phenoxy) is 1. The highest BCUT2D eigenvalue weighted by atomic mass is 16.7. The minimum absolute atomic E-state index is 0.289. The summed E-state index contributed by atoms with van der Waals surface area (Å²) in [6.45, 7) is 12.5. The second-order valence-corrected chi connectivity index (χ2v) is 7.75. The van der Waals surface area contributed by atoms with Crippen molar-refractivity contribution in [2.24, 2.45) is 0 Å². The lowest BCUT2D eigenvalue weighted by atomic mass is 9.74. The van der Waals surface area contributed by atoms with Crippen LogP contribution in [0.1, 0.15) is 51.3 Å². The molecule has 1 aromatic carbocycles. The smallest absolute Gasteiger partial charge is 0.399 e. The SMILES string of the molecule is CC#Cc1c(C)cc(B2OC(C)(C)C(C)(C)O2)cc1C1(O)COC1. The van der Waals surface area contributed by atoms with E-state index in [-0.39, 0.29) is 13.2 Å². The van der Waals surface area contributed by atoms with Gasteiger partial charge in [-0.2, -0.15) is 0 Å². The van der Waals surface area contributed by atoms with Crippen molar-refractivity contribution in [3.05, 3.63) is 28.8 Å². The molecule has 0 amide bonds. The summed E-state index contributed by atoms with van der Waals surface area (Å²) >= 11 is 0. The van der Waals surface area contributed by atoms with Gasteiger partial charge in [-0.05, 0) is 52.6 Å². The summed E-state index contributed by atoms with van der Waals surface area (Å²) in [5.74, 6) is 6.06. The summed E-state index contributed by atoms with van der Waals surface area (Å²) in [4.78, 5) is 0. The van der Waals surface area contributed by atoms with E-state index in [4.69, 9.17) is 14.0 Å². The van der Waals surface area contributed by atoms with Crippen molar-refractivity contribution in [3.63, 3.8) is 0 Å². The Bertz CT molecular complexity index is 707. The summed E-state index contributed by atoms with van der Waals surface area (Å²) in [6, 6.07) is 3.99. The van der Waals surface area contributed by atoms with Gasteiger partial charge in [-0.1, -0.05) is 18.1 Å². The lowest BCUT2D eigenvalue weighted by Crippen LogP contribution is -2.48. The minimum atomic E-state index is -0.983. The molecule has 2 saturated heterocycles. The van der Waals surface area contributed by atoms with Crippen LogP contribution in [0.5, 0.6) is 0 Å². The summed E-state index contributed by atoms with van der Waals surface area (Å²) in [7, 11) is -0.458. The topological polar surface area (TPSA) is 47.9 Å². The van der Waals surface area contributed by atoms with E-state index in [1.54, 1.807) is 6.92 Å². The largest absolute Gasteiger partial charge is 0.494 e. The molecule has 24 heavy (non-hydrogen) atoms. The predicted molar refractivity (Wildman–Crippen MR) is 94.2 cm³/mol. The second-order valence-electron chi connectivity index (χ2n) is 7.75. The molecule has 2 aliphatic rings. The monoisotopic (exact) mass is 328 g/mol. The second kappa shape index (κ2) is 5.61. The average molecular weight is 328 g/mol. The van der Waals surface area contributed by atoms with Crippen LogP contribution in [0.25, 0.3) is 0 Å². The fraction of sp³-hybridized carbons (Fsp3) is 0.579. The van der Waals surface area contributed by atoms with Gasteiger partial charge < -0.3 is 19.2 Å². The fourth-order valence-electron chi connectivity index (χ4n) is 3.04. The van der Waals surface area contributed by atoms with Crippen molar-refractivity contribution in [3.8, 4) is 11.8 Å². The van der Waals surface area contributed by atoms with Crippen molar-refractivity contribution in [1.29, 1.82) is 0 Å². The first-order chi connectivity index (χ1) is 11.1. The lowest BCUT2D eigenvalue weighted by Gasteiger charge is -2.38. The van der Waals surface area contributed by atoms with Crippen LogP contribution in [0, 0.1) is 18.8 Å². The summed E-state index contributed by atoms with van der Waals surface area (Å²) in [6.07, 6.45) is 0. The van der Waals surface area contributed by atoms with Gasteiger partial charge in [0.05, 0.1) is 24.4 Å². The molecule has 1 aromatic rings. The number of hydrogen-bond acceptors (Lipinski definition) is 4. The molecule has 0 atom stereocenters. The molecule has 2 heterocycles. The first-order valence-electron chi connectivity index (χ1n) is 8.33. The van der Waals surface area contributed by atoms with Crippen molar-refractivity contribution in [2.45, 2.75) is 58.3 Å². The number of benzene rings is 1. The van der Waals surface area contributed by atoms with Crippen LogP contribution >= 0.6 is 0 Å². The van der Waals surface area contributed by atoms with Crippen molar-refractivity contribution < 1.29 is 19.2 Å². The Morgan fingerprint density at radius 1 is 1.08 bits per heavy atom. The maximum absolute atomic E-state index is 10.8. The van der Waals surface area contributed by atoms with Gasteiger partial charge in [-0.25, -0.2) is 0 Å². The molecular formula is C19H25BO4. The van der Waals surface area contributed by atoms with Gasteiger partial charge in [-0.3, -0.25) is 0 Å². The van der Waals surface area contributed by atoms with E-state index >= 15 is 0 Å². The third kappa shape index (κ3) is 2.68. The molecule has 2 aliphatic heterocycles. The number of aryl methyl sites for hydroxylation is 1. The zero-order valence-electron chi connectivity index (χ0n) is 15.3. The van der Waals surface area contributed by atoms with E-state index in [2.05, 4.69) is 11.8 Å². The highest BCUT2D eigenvalue weighted by Crippen LogP contribution is 2.37. The van der Waals surface area contributed by atoms with Crippen molar-refractivity contribution in [2.75, 3.05) is 13.2 Å². The predicted octanol–water partition coefficient (Wildman–Crippen LogP) is 1.88. The quantitative estimate of drug-likeness (QED) is 0.665. The van der Waals surface area contributed by atoms with E-state index in [1.807, 2.05) is 46.8 Å². The maximum Gasteiger partial charge on any atom is 0.494 e. The standard InChI is InChI=1S/C19H25BO4/c1-7-8-15-13(2)9-14(10-16(15)19(21)11-22-12-19)20-23-17(3,4)18(5,6)24-20/h9-10,21H,11-12H2,1-6H3. The van der Waals surface area contributed by atoms with Gasteiger partial charge in [0.2, 0.25) is 0 Å². The van der Waals surface area contributed by atoms with E-state index in [0.29, 0.717) is 0 Å². The van der Waals surface area contributed by atoms with Gasteiger partial charge in [-0.15, -0.1) is 5.92 Å². The Hall–Kier alpha value is -1.32. The molecular weight excluding hydrogens is 303 g/mol. The van der Waals surface area contributed by atoms with Gasteiger partial charge in [0.25, 0.3) is 0 Å². The van der Waals surface area contributed by atoms with Crippen LogP contribution in [-0.2, 0) is 19.6 Å². The van der Waals surface area contributed by atoms with Crippen molar-refractivity contribution >= 4 is 12.6 Å². The molecule has 1 N–H and O–H groups in total. The summed E-state index contributed by atoms with van der Waals surface area (Å²) in [5.41, 5.74) is 1.80. The molecule has 0 saturated carbocycles. The van der Waals surface area contributed by atoms with E-state index in [9.17, 15) is 5.11 Å². The Labute approximate surface area is 144 Å². The Morgan fingerprint density at radius 2 is 1.67 bits per heavy atom. The van der Waals surface area contributed by atoms with Gasteiger partial charge >= 0.3 is 7.12 Å². The van der Waals surface area contributed by atoms with Crippen LogP contribution in [0.15, 0.2) is 12.1 Å². The van der Waals surface area contributed by atoms with E-state index < -0.39 is 23.9 Å². The molecule has 4 nitrogen and oxygen atoms in total. The van der Waals surface area contributed by atoms with Gasteiger partial charge in [0, 0.05) is 11.1 Å². The van der Waals surface area contributed by atoms with Crippen LogP contribution in [-0.4, -0.2) is 36.6 Å². The third-order valence-corrected chi connectivity index (χ3v) is 5.32. The fourth-order valence-corrected chi connectivity index (χ4v) is 3.04. The number of rotatable bonds is 2. The first kappa shape index (κ1) is 17.5. The zero-order valence-corrected chi connectivity index (χ0v) is 15.3. The van der Waals surface area contributed by atoms with Crippen LogP contribution < -0.4 is 5.46 Å². The van der Waals surface area contributed by atoms with Crippen LogP contribution in [0.2, 0.25) is 0 Å². The zero-order chi connectivity index (χ0) is 17.8. The molecule has 0 unspecified atom stereocenters. The minimum Gasteiger partial charge on any atom is -0.399 e. The van der Waals surface area contributed by atoms with Gasteiger partial charge in [0.1, 0.15) is 5.60 Å². The van der Waals surface area contributed by atoms with Crippen LogP contribution in [0.4, 0.5) is 0 Å². The molecule has 0 bridgehead atoms. The lowest BCUT2D eigenvalue weighted by molar-refractivity contribution is -0.184. The molecule has 0 aromatic heterocycles. The average Bonchev–Trinajstić information content (AvgIpc) is 2.67.